The maximum absolute atomic E-state index is 12.7. The zero-order valence-electron chi connectivity index (χ0n) is 14.1. The lowest BCUT2D eigenvalue weighted by molar-refractivity contribution is 0.102. The summed E-state index contributed by atoms with van der Waals surface area (Å²) in [6, 6.07) is 5.69. The average Bonchev–Trinajstić information content (AvgIpc) is 3.20. The third kappa shape index (κ3) is 3.56. The molecule has 1 saturated heterocycles. The zero-order chi connectivity index (χ0) is 17.8. The number of rotatable bonds is 4. The van der Waals surface area contributed by atoms with Crippen LogP contribution in [0.3, 0.4) is 0 Å². The molecule has 0 bridgehead atoms. The average molecular weight is 366 g/mol. The van der Waals surface area contributed by atoms with Crippen molar-refractivity contribution in [2.75, 3.05) is 36.4 Å². The molecule has 26 heavy (non-hydrogen) atoms. The minimum Gasteiger partial charge on any atom is -0.367 e. The van der Waals surface area contributed by atoms with Crippen LogP contribution in [0.2, 0.25) is 0 Å². The van der Waals surface area contributed by atoms with Crippen LogP contribution in [0.4, 0.5) is 11.4 Å². The predicted molar refractivity (Wildman–Crippen MR) is 103 cm³/mol. The fraction of sp³-hybridized carbons (Fsp3) is 0.222. The van der Waals surface area contributed by atoms with Crippen molar-refractivity contribution in [3.8, 4) is 10.6 Å². The zero-order valence-corrected chi connectivity index (χ0v) is 14.9. The van der Waals surface area contributed by atoms with Crippen molar-refractivity contribution in [3.63, 3.8) is 0 Å². The minimum atomic E-state index is -0.231. The van der Waals surface area contributed by atoms with Crippen molar-refractivity contribution in [2.45, 2.75) is 0 Å². The Hall–Kier alpha value is -2.84. The molecule has 132 valence electrons. The van der Waals surface area contributed by atoms with Crippen molar-refractivity contribution >= 4 is 28.6 Å². The molecule has 0 spiro atoms. The molecule has 3 aromatic rings. The number of nitrogens with zero attached hydrogens (tertiary/aromatic N) is 4. The Morgan fingerprint density at radius 3 is 2.69 bits per heavy atom. The van der Waals surface area contributed by atoms with Gasteiger partial charge in [0.25, 0.3) is 5.91 Å². The van der Waals surface area contributed by atoms with Crippen LogP contribution in [0.5, 0.6) is 0 Å². The van der Waals surface area contributed by atoms with E-state index in [4.69, 9.17) is 0 Å². The molecule has 1 amide bonds. The lowest BCUT2D eigenvalue weighted by Gasteiger charge is -2.30. The summed E-state index contributed by atoms with van der Waals surface area (Å²) in [7, 11) is 0. The molecule has 0 saturated carbocycles. The number of amides is 1. The topological polar surface area (TPSA) is 83.0 Å². The largest absolute Gasteiger partial charge is 0.367 e. The molecule has 8 heteroatoms. The minimum absolute atomic E-state index is 0.231. The third-order valence-corrected chi connectivity index (χ3v) is 5.06. The third-order valence-electron chi connectivity index (χ3n) is 4.17. The highest BCUT2D eigenvalue weighted by Gasteiger charge is 2.18. The van der Waals surface area contributed by atoms with Gasteiger partial charge in [0, 0.05) is 55.7 Å². The Bertz CT molecular complexity index is 891. The summed E-state index contributed by atoms with van der Waals surface area (Å²) in [4.78, 5) is 27.5. The van der Waals surface area contributed by atoms with E-state index in [2.05, 4.69) is 30.5 Å². The second kappa shape index (κ2) is 7.59. The molecule has 2 N–H and O–H groups in total. The van der Waals surface area contributed by atoms with Crippen molar-refractivity contribution in [3.05, 3.63) is 54.1 Å². The number of hydrogen-bond donors (Lipinski definition) is 2. The van der Waals surface area contributed by atoms with E-state index in [1.54, 1.807) is 30.2 Å². The highest BCUT2D eigenvalue weighted by atomic mass is 32.1. The molecule has 0 aromatic carbocycles. The van der Waals surface area contributed by atoms with Crippen LogP contribution >= 0.6 is 11.3 Å². The molecular formula is C18H18N6OS. The van der Waals surface area contributed by atoms with E-state index in [-0.39, 0.29) is 5.91 Å². The van der Waals surface area contributed by atoms with Crippen molar-refractivity contribution in [2.24, 2.45) is 0 Å². The predicted octanol–water partition coefficient (Wildman–Crippen LogP) is 2.26. The first-order chi connectivity index (χ1) is 12.8. The summed E-state index contributed by atoms with van der Waals surface area (Å²) in [6.45, 7) is 3.65. The lowest BCUT2D eigenvalue weighted by atomic mass is 10.2. The highest BCUT2D eigenvalue weighted by molar-refractivity contribution is 7.13. The van der Waals surface area contributed by atoms with E-state index >= 15 is 0 Å². The second-order valence-corrected chi connectivity index (χ2v) is 6.72. The molecule has 0 atom stereocenters. The number of piperazine rings is 1. The van der Waals surface area contributed by atoms with Gasteiger partial charge in [-0.15, -0.1) is 11.3 Å². The van der Waals surface area contributed by atoms with Crippen LogP contribution < -0.4 is 15.5 Å². The van der Waals surface area contributed by atoms with Crippen LogP contribution in [0, 0.1) is 0 Å². The summed E-state index contributed by atoms with van der Waals surface area (Å²) >= 11 is 1.44. The fourth-order valence-electron chi connectivity index (χ4n) is 2.86. The molecule has 1 aliphatic heterocycles. The van der Waals surface area contributed by atoms with E-state index < -0.39 is 0 Å². The maximum atomic E-state index is 12.7. The standard InChI is InChI=1S/C18H18N6OS/c25-17(15-12-26-18(23-15)13-1-4-19-5-2-13)22-14-11-21-6-3-16(14)24-9-7-20-8-10-24/h1-6,11-12,20H,7-10H2,(H,22,25). The van der Waals surface area contributed by atoms with Gasteiger partial charge in [-0.2, -0.15) is 0 Å². The van der Waals surface area contributed by atoms with Crippen molar-refractivity contribution < 1.29 is 4.79 Å². The maximum Gasteiger partial charge on any atom is 0.275 e. The van der Waals surface area contributed by atoms with Gasteiger partial charge in [-0.1, -0.05) is 0 Å². The van der Waals surface area contributed by atoms with Gasteiger partial charge in [0.15, 0.2) is 0 Å². The Kier molecular flexibility index (Phi) is 4.85. The summed E-state index contributed by atoms with van der Waals surface area (Å²) in [5.41, 5.74) is 3.04. The van der Waals surface area contributed by atoms with Gasteiger partial charge in [-0.25, -0.2) is 4.98 Å². The first kappa shape index (κ1) is 16.6. The molecule has 4 heterocycles. The summed E-state index contributed by atoms with van der Waals surface area (Å²) < 4.78 is 0. The van der Waals surface area contributed by atoms with Crippen molar-refractivity contribution in [1.82, 2.24) is 20.3 Å². The number of pyridine rings is 2. The van der Waals surface area contributed by atoms with Gasteiger partial charge in [-0.05, 0) is 18.2 Å². The van der Waals surface area contributed by atoms with E-state index in [9.17, 15) is 4.79 Å². The second-order valence-electron chi connectivity index (χ2n) is 5.86. The molecule has 3 aromatic heterocycles. The molecule has 1 aliphatic rings. The first-order valence-corrected chi connectivity index (χ1v) is 9.26. The van der Waals surface area contributed by atoms with Crippen LogP contribution in [-0.2, 0) is 0 Å². The smallest absolute Gasteiger partial charge is 0.275 e. The number of carbonyl (C=O) groups excluding carboxylic acids is 1. The van der Waals surface area contributed by atoms with Gasteiger partial charge in [0.2, 0.25) is 0 Å². The Balaban J connectivity index is 1.53. The quantitative estimate of drug-likeness (QED) is 0.737. The lowest BCUT2D eigenvalue weighted by Crippen LogP contribution is -2.43. The van der Waals surface area contributed by atoms with Gasteiger partial charge in [-0.3, -0.25) is 14.8 Å². The van der Waals surface area contributed by atoms with Crippen LogP contribution in [0.25, 0.3) is 10.6 Å². The Labute approximate surface area is 155 Å². The van der Waals surface area contributed by atoms with E-state index in [0.717, 1.165) is 42.4 Å². The Morgan fingerprint density at radius 2 is 1.88 bits per heavy atom. The summed E-state index contributed by atoms with van der Waals surface area (Å²) in [5.74, 6) is -0.231. The molecule has 0 aliphatic carbocycles. The number of hydrogen-bond acceptors (Lipinski definition) is 7. The number of anilines is 2. The molecule has 4 rings (SSSR count). The van der Waals surface area contributed by atoms with Crippen molar-refractivity contribution in [1.29, 1.82) is 0 Å². The van der Waals surface area contributed by atoms with Gasteiger partial charge < -0.3 is 15.5 Å². The van der Waals surface area contributed by atoms with Gasteiger partial charge >= 0.3 is 0 Å². The highest BCUT2D eigenvalue weighted by Crippen LogP contribution is 2.27. The van der Waals surface area contributed by atoms with E-state index in [1.807, 2.05) is 18.2 Å². The monoisotopic (exact) mass is 366 g/mol. The van der Waals surface area contributed by atoms with E-state index in [0.29, 0.717) is 11.4 Å². The summed E-state index contributed by atoms with van der Waals surface area (Å²) in [6.07, 6.45) is 6.86. The number of aromatic nitrogens is 3. The SMILES string of the molecule is O=C(Nc1cnccc1N1CCNCC1)c1csc(-c2ccncc2)n1. The number of nitrogens with one attached hydrogen (secondary N) is 2. The normalized spacial score (nSPS) is 14.2. The van der Waals surface area contributed by atoms with Crippen LogP contribution in [0.15, 0.2) is 48.4 Å². The van der Waals surface area contributed by atoms with Gasteiger partial charge in [0.05, 0.1) is 17.6 Å². The molecule has 7 nitrogen and oxygen atoms in total. The molecule has 0 unspecified atom stereocenters. The molecule has 1 fully saturated rings. The molecule has 0 radical (unpaired) electrons. The van der Waals surface area contributed by atoms with Crippen LogP contribution in [0.1, 0.15) is 10.5 Å². The van der Waals surface area contributed by atoms with Crippen LogP contribution in [-0.4, -0.2) is 47.0 Å². The fourth-order valence-corrected chi connectivity index (χ4v) is 3.66. The molecular weight excluding hydrogens is 348 g/mol. The number of carbonyl (C=O) groups is 1. The van der Waals surface area contributed by atoms with E-state index in [1.165, 1.54) is 11.3 Å². The van der Waals surface area contributed by atoms with Gasteiger partial charge in [0.1, 0.15) is 10.7 Å². The summed E-state index contributed by atoms with van der Waals surface area (Å²) in [5, 5.41) is 8.86. The number of thiazole rings is 1. The first-order valence-electron chi connectivity index (χ1n) is 8.38. The Morgan fingerprint density at radius 1 is 1.12 bits per heavy atom.